The number of amides is 3. The monoisotopic (exact) mass is 463 g/mol. The number of nitrogens with zero attached hydrogens (tertiary/aromatic N) is 2. The fraction of sp³-hybridized carbons (Fsp3) is 0.478. The molecule has 2 aromatic rings. The molecule has 168 valence electrons. The molecule has 0 radical (unpaired) electrons. The topological polar surface area (TPSA) is 61.9 Å². The number of fused-ring (bicyclic) bond motifs is 1. The van der Waals surface area contributed by atoms with Crippen molar-refractivity contribution >= 4 is 34.9 Å². The second kappa shape index (κ2) is 10.9. The van der Waals surface area contributed by atoms with Crippen LogP contribution in [0.5, 0.6) is 5.75 Å². The van der Waals surface area contributed by atoms with Gasteiger partial charge >= 0.3 is 6.03 Å². The zero-order valence-electron chi connectivity index (χ0n) is 18.3. The van der Waals surface area contributed by atoms with E-state index in [4.69, 9.17) is 16.3 Å². The molecule has 2 heterocycles. The van der Waals surface area contributed by atoms with E-state index < -0.39 is 0 Å². The molecule has 31 heavy (non-hydrogen) atoms. The van der Waals surface area contributed by atoms with E-state index in [0.717, 1.165) is 12.0 Å². The highest BCUT2D eigenvalue weighted by Gasteiger charge is 2.33. The number of urea groups is 1. The van der Waals surface area contributed by atoms with Crippen LogP contribution in [0.15, 0.2) is 35.7 Å². The van der Waals surface area contributed by atoms with Crippen LogP contribution >= 0.6 is 22.9 Å². The van der Waals surface area contributed by atoms with Crippen LogP contribution < -0.4 is 10.1 Å². The highest BCUT2D eigenvalue weighted by Crippen LogP contribution is 2.34. The first-order valence-electron chi connectivity index (χ1n) is 10.7. The number of ether oxygens (including phenoxy) is 1. The Bertz CT molecular complexity index is 884. The lowest BCUT2D eigenvalue weighted by molar-refractivity contribution is -0.135. The van der Waals surface area contributed by atoms with Crippen LogP contribution in [0.3, 0.4) is 0 Å². The molecule has 6 nitrogen and oxygen atoms in total. The smallest absolute Gasteiger partial charge is 0.317 e. The van der Waals surface area contributed by atoms with Crippen LogP contribution in [0.4, 0.5) is 4.79 Å². The number of carbonyl (C=O) groups is 2. The lowest BCUT2D eigenvalue weighted by Gasteiger charge is -2.37. The molecule has 1 atom stereocenters. The first-order chi connectivity index (χ1) is 14.9. The van der Waals surface area contributed by atoms with Gasteiger partial charge in [-0.3, -0.25) is 4.79 Å². The van der Waals surface area contributed by atoms with Gasteiger partial charge in [-0.1, -0.05) is 25.4 Å². The minimum atomic E-state index is -0.202. The molecule has 1 aromatic heterocycles. The van der Waals surface area contributed by atoms with E-state index in [0.29, 0.717) is 37.0 Å². The van der Waals surface area contributed by atoms with Crippen molar-refractivity contribution in [2.75, 3.05) is 32.8 Å². The van der Waals surface area contributed by atoms with Gasteiger partial charge in [-0.05, 0) is 60.5 Å². The maximum absolute atomic E-state index is 13.3. The third kappa shape index (κ3) is 6.14. The summed E-state index contributed by atoms with van der Waals surface area (Å²) in [6, 6.07) is 8.90. The molecule has 1 aliphatic rings. The van der Waals surface area contributed by atoms with Crippen LogP contribution in [-0.4, -0.2) is 54.5 Å². The summed E-state index contributed by atoms with van der Waals surface area (Å²) in [7, 11) is 0. The largest absolute Gasteiger partial charge is 0.491 e. The van der Waals surface area contributed by atoms with Crippen LogP contribution in [0.2, 0.25) is 5.02 Å². The van der Waals surface area contributed by atoms with E-state index in [1.54, 1.807) is 28.4 Å². The van der Waals surface area contributed by atoms with E-state index in [1.807, 2.05) is 37.8 Å². The minimum absolute atomic E-state index is 0.0565. The summed E-state index contributed by atoms with van der Waals surface area (Å²) in [5.74, 6) is 0.917. The van der Waals surface area contributed by atoms with E-state index in [9.17, 15) is 9.59 Å². The van der Waals surface area contributed by atoms with Crippen molar-refractivity contribution in [2.45, 2.75) is 33.2 Å². The maximum Gasteiger partial charge on any atom is 0.317 e. The third-order valence-corrected chi connectivity index (χ3v) is 6.41. The number of nitrogens with one attached hydrogen (secondary N) is 1. The molecule has 1 aromatic carbocycles. The number of rotatable bonds is 8. The molecule has 1 aliphatic heterocycles. The van der Waals surface area contributed by atoms with Crippen molar-refractivity contribution in [3.63, 3.8) is 0 Å². The summed E-state index contributed by atoms with van der Waals surface area (Å²) in [6.07, 6.45) is 0.821. The van der Waals surface area contributed by atoms with Gasteiger partial charge < -0.3 is 19.9 Å². The fourth-order valence-electron chi connectivity index (χ4n) is 3.76. The molecule has 3 amide bonds. The number of thiophene rings is 1. The summed E-state index contributed by atoms with van der Waals surface area (Å²) >= 11 is 7.68. The van der Waals surface area contributed by atoms with Gasteiger partial charge in [-0.2, -0.15) is 0 Å². The number of hydrogen-bond donors (Lipinski definition) is 1. The van der Waals surface area contributed by atoms with E-state index in [-0.39, 0.29) is 30.4 Å². The second-order valence-corrected chi connectivity index (χ2v) is 9.46. The SMILES string of the molecule is CCNC(=O)N(CC(=O)N1CCc2sccc2[C@@H]1COc1ccc(Cl)cc1)CC(C)C. The van der Waals surface area contributed by atoms with Gasteiger partial charge in [-0.15, -0.1) is 11.3 Å². The van der Waals surface area contributed by atoms with E-state index >= 15 is 0 Å². The summed E-state index contributed by atoms with van der Waals surface area (Å²) in [5.41, 5.74) is 1.13. The summed E-state index contributed by atoms with van der Waals surface area (Å²) in [6.45, 7) is 8.04. The van der Waals surface area contributed by atoms with Gasteiger partial charge in [0.25, 0.3) is 0 Å². The molecule has 0 bridgehead atoms. The molecule has 0 saturated carbocycles. The van der Waals surface area contributed by atoms with Crippen molar-refractivity contribution in [3.05, 3.63) is 51.2 Å². The Balaban J connectivity index is 1.75. The Kier molecular flexibility index (Phi) is 8.21. The van der Waals surface area contributed by atoms with Gasteiger partial charge in [0.05, 0.1) is 6.04 Å². The molecular weight excluding hydrogens is 434 g/mol. The average Bonchev–Trinajstić information content (AvgIpc) is 3.21. The zero-order chi connectivity index (χ0) is 22.4. The van der Waals surface area contributed by atoms with Gasteiger partial charge in [-0.25, -0.2) is 4.79 Å². The summed E-state index contributed by atoms with van der Waals surface area (Å²) in [5, 5.41) is 5.53. The van der Waals surface area contributed by atoms with Crippen molar-refractivity contribution in [1.82, 2.24) is 15.1 Å². The third-order valence-electron chi connectivity index (χ3n) is 5.16. The summed E-state index contributed by atoms with van der Waals surface area (Å²) < 4.78 is 6.02. The molecule has 0 saturated heterocycles. The summed E-state index contributed by atoms with van der Waals surface area (Å²) in [4.78, 5) is 30.6. The van der Waals surface area contributed by atoms with E-state index in [1.165, 1.54) is 4.88 Å². The molecule has 0 spiro atoms. The lowest BCUT2D eigenvalue weighted by Crippen LogP contribution is -2.50. The Morgan fingerprint density at radius 1 is 1.29 bits per heavy atom. The van der Waals surface area contributed by atoms with Crippen LogP contribution in [0.1, 0.15) is 37.3 Å². The standard InChI is InChI=1S/C23H30ClN3O3S/c1-4-25-23(29)26(13-16(2)3)14-22(28)27-11-9-21-19(10-12-31-21)20(27)15-30-18-7-5-17(24)6-8-18/h5-8,10,12,16,20H,4,9,11,13-15H2,1-3H3,(H,25,29)/t20-/m0/s1. The predicted octanol–water partition coefficient (Wildman–Crippen LogP) is 4.59. The molecule has 0 unspecified atom stereocenters. The van der Waals surface area contributed by atoms with Crippen molar-refractivity contribution in [1.29, 1.82) is 0 Å². The Hall–Kier alpha value is -2.25. The van der Waals surface area contributed by atoms with Gasteiger partial charge in [0.15, 0.2) is 0 Å². The normalized spacial score (nSPS) is 15.5. The first kappa shape index (κ1) is 23.4. The number of hydrogen-bond acceptors (Lipinski definition) is 4. The zero-order valence-corrected chi connectivity index (χ0v) is 19.8. The molecule has 0 aliphatic carbocycles. The van der Waals surface area contributed by atoms with Gasteiger partial charge in [0.1, 0.15) is 18.9 Å². The quantitative estimate of drug-likeness (QED) is 0.622. The Morgan fingerprint density at radius 3 is 2.71 bits per heavy atom. The lowest BCUT2D eigenvalue weighted by atomic mass is 10.0. The Morgan fingerprint density at radius 2 is 2.03 bits per heavy atom. The molecule has 0 fully saturated rings. The molecular formula is C23H30ClN3O3S. The van der Waals surface area contributed by atoms with Crippen molar-refractivity contribution in [3.8, 4) is 5.75 Å². The van der Waals surface area contributed by atoms with Crippen LogP contribution in [-0.2, 0) is 11.2 Å². The molecule has 1 N–H and O–H groups in total. The molecule has 3 rings (SSSR count). The highest BCUT2D eigenvalue weighted by atomic mass is 35.5. The average molecular weight is 464 g/mol. The van der Waals surface area contributed by atoms with Gasteiger partial charge in [0.2, 0.25) is 5.91 Å². The van der Waals surface area contributed by atoms with Crippen LogP contribution in [0.25, 0.3) is 0 Å². The minimum Gasteiger partial charge on any atom is -0.491 e. The highest BCUT2D eigenvalue weighted by molar-refractivity contribution is 7.10. The number of halogens is 1. The van der Waals surface area contributed by atoms with Gasteiger partial charge in [0, 0.05) is 29.5 Å². The predicted molar refractivity (Wildman–Crippen MR) is 125 cm³/mol. The first-order valence-corrected chi connectivity index (χ1v) is 11.9. The number of carbonyl (C=O) groups excluding carboxylic acids is 2. The van der Waals surface area contributed by atoms with Crippen molar-refractivity contribution in [2.24, 2.45) is 5.92 Å². The van der Waals surface area contributed by atoms with E-state index in [2.05, 4.69) is 16.8 Å². The number of benzene rings is 1. The van der Waals surface area contributed by atoms with Crippen LogP contribution in [0, 0.1) is 5.92 Å². The fourth-order valence-corrected chi connectivity index (χ4v) is 4.81. The molecule has 8 heteroatoms. The Labute approximate surface area is 193 Å². The second-order valence-electron chi connectivity index (χ2n) is 8.03. The maximum atomic E-state index is 13.3. The van der Waals surface area contributed by atoms with Crippen molar-refractivity contribution < 1.29 is 14.3 Å².